The van der Waals surface area contributed by atoms with Crippen molar-refractivity contribution in [3.05, 3.63) is 101 Å². The Kier molecular flexibility index (Phi) is 3.44. The van der Waals surface area contributed by atoms with E-state index in [2.05, 4.69) is 56.1 Å². The fraction of sp³-hybridized carbons (Fsp3) is 0.167. The van der Waals surface area contributed by atoms with Crippen LogP contribution in [-0.2, 0) is 18.2 Å². The van der Waals surface area contributed by atoms with Gasteiger partial charge in [-0.25, -0.2) is 4.90 Å². The average molecular weight is 509 g/mol. The zero-order valence-corrected chi connectivity index (χ0v) is 18.4. The summed E-state index contributed by atoms with van der Waals surface area (Å²) in [5.41, 5.74) is 4.82. The van der Waals surface area contributed by atoms with Crippen LogP contribution in [0.5, 0.6) is 0 Å². The highest BCUT2D eigenvalue weighted by atomic mass is 79.9. The molecular weight excluding hydrogens is 494 g/mol. The van der Waals surface area contributed by atoms with Crippen LogP contribution in [-0.4, -0.2) is 11.8 Å². The summed E-state index contributed by atoms with van der Waals surface area (Å²) in [5.74, 6) is -1.37. The summed E-state index contributed by atoms with van der Waals surface area (Å²) < 4.78 is -1.48. The summed E-state index contributed by atoms with van der Waals surface area (Å²) >= 11 is 8.02. The second-order valence-corrected chi connectivity index (χ2v) is 10.3. The Bertz CT molecular complexity index is 1080. The third-order valence-corrected chi connectivity index (χ3v) is 9.29. The van der Waals surface area contributed by atoms with E-state index in [1.165, 1.54) is 4.90 Å². The molecule has 2 amide bonds. The summed E-state index contributed by atoms with van der Waals surface area (Å²) in [7, 11) is 0. The smallest absolute Gasteiger partial charge is 0.239 e. The number of nitrogens with zero attached hydrogens (tertiary/aromatic N) is 1. The van der Waals surface area contributed by atoms with Gasteiger partial charge in [-0.3, -0.25) is 9.59 Å². The lowest BCUT2D eigenvalue weighted by Gasteiger charge is -2.55. The number of carbonyl (C=O) groups excluding carboxylic acids is 2. The van der Waals surface area contributed by atoms with Gasteiger partial charge < -0.3 is 0 Å². The molecule has 7 rings (SSSR count). The van der Waals surface area contributed by atoms with Gasteiger partial charge in [0.15, 0.2) is 0 Å². The molecule has 142 valence electrons. The first-order valence-corrected chi connectivity index (χ1v) is 11.1. The fourth-order valence-electron chi connectivity index (χ4n) is 5.50. The molecule has 1 aliphatic heterocycles. The zero-order chi connectivity index (χ0) is 20.0. The summed E-state index contributed by atoms with van der Waals surface area (Å²) in [4.78, 5) is 28.9. The van der Waals surface area contributed by atoms with Crippen molar-refractivity contribution in [3.63, 3.8) is 0 Å². The standard InChI is InChI=1S/C24H15Br2NO2/c25-23-15-10-4-5-11-16(15)24(26,18-13-7-6-12-17(18)23)20-19(23)21(28)27(22(20)29)14-8-2-1-3-9-14/h1-13,19-20H/t19-,20+,23?,24?. The molecule has 3 aliphatic carbocycles. The summed E-state index contributed by atoms with van der Waals surface area (Å²) in [6.45, 7) is 0. The van der Waals surface area contributed by atoms with Crippen LogP contribution in [0.3, 0.4) is 0 Å². The number of benzene rings is 3. The van der Waals surface area contributed by atoms with Gasteiger partial charge in [-0.2, -0.15) is 0 Å². The summed E-state index contributed by atoms with van der Waals surface area (Å²) in [6, 6.07) is 25.4. The first-order valence-electron chi connectivity index (χ1n) is 9.51. The third-order valence-electron chi connectivity index (χ3n) is 6.60. The van der Waals surface area contributed by atoms with Crippen molar-refractivity contribution in [3.8, 4) is 0 Å². The minimum absolute atomic E-state index is 0.157. The van der Waals surface area contributed by atoms with Crippen molar-refractivity contribution in [2.75, 3.05) is 4.90 Å². The molecule has 0 spiro atoms. The van der Waals surface area contributed by atoms with E-state index in [1.54, 1.807) is 0 Å². The van der Waals surface area contributed by atoms with Gasteiger partial charge >= 0.3 is 0 Å². The van der Waals surface area contributed by atoms with Gasteiger partial charge in [0.1, 0.15) is 0 Å². The predicted octanol–water partition coefficient (Wildman–Crippen LogP) is 5.10. The van der Waals surface area contributed by atoms with E-state index in [9.17, 15) is 9.59 Å². The molecule has 0 radical (unpaired) electrons. The number of rotatable bonds is 1. The van der Waals surface area contributed by atoms with Gasteiger partial charge in [-0.05, 0) is 34.4 Å². The van der Waals surface area contributed by atoms with Crippen LogP contribution in [0, 0.1) is 11.8 Å². The quantitative estimate of drug-likeness (QED) is 0.339. The van der Waals surface area contributed by atoms with Crippen LogP contribution in [0.4, 0.5) is 5.69 Å². The lowest BCUT2D eigenvalue weighted by Crippen LogP contribution is -2.56. The van der Waals surface area contributed by atoms with E-state index in [-0.39, 0.29) is 11.8 Å². The number of amides is 2. The number of hydrogen-bond donors (Lipinski definition) is 0. The Morgan fingerprint density at radius 3 is 1.31 bits per heavy atom. The molecule has 4 aliphatic rings. The van der Waals surface area contributed by atoms with Crippen LogP contribution in [0.2, 0.25) is 0 Å². The third kappa shape index (κ3) is 1.89. The lowest BCUT2D eigenvalue weighted by molar-refractivity contribution is -0.122. The van der Waals surface area contributed by atoms with Crippen molar-refractivity contribution in [1.82, 2.24) is 0 Å². The normalized spacial score (nSPS) is 31.4. The van der Waals surface area contributed by atoms with Crippen LogP contribution >= 0.6 is 31.9 Å². The maximum absolute atomic E-state index is 13.8. The van der Waals surface area contributed by atoms with Crippen molar-refractivity contribution >= 4 is 49.4 Å². The van der Waals surface area contributed by atoms with Crippen molar-refractivity contribution in [2.45, 2.75) is 8.65 Å². The average Bonchev–Trinajstić information content (AvgIpc) is 3.04. The highest BCUT2D eigenvalue weighted by Gasteiger charge is 2.72. The monoisotopic (exact) mass is 507 g/mol. The number of carbonyl (C=O) groups is 2. The van der Waals surface area contributed by atoms with Crippen LogP contribution in [0.1, 0.15) is 22.3 Å². The minimum Gasteiger partial charge on any atom is -0.274 e. The molecule has 3 aromatic rings. The van der Waals surface area contributed by atoms with Crippen LogP contribution in [0.15, 0.2) is 78.9 Å². The van der Waals surface area contributed by atoms with E-state index in [1.807, 2.05) is 54.6 Å². The number of alkyl halides is 2. The maximum Gasteiger partial charge on any atom is 0.239 e. The van der Waals surface area contributed by atoms with Crippen molar-refractivity contribution < 1.29 is 9.59 Å². The Balaban J connectivity index is 1.69. The number of halogens is 2. The van der Waals surface area contributed by atoms with Gasteiger partial charge in [0.05, 0.1) is 26.2 Å². The summed E-state index contributed by atoms with van der Waals surface area (Å²) in [6.07, 6.45) is 0. The van der Waals surface area contributed by atoms with Gasteiger partial charge in [0.2, 0.25) is 11.8 Å². The Morgan fingerprint density at radius 2 is 0.931 bits per heavy atom. The van der Waals surface area contributed by atoms with E-state index < -0.39 is 20.5 Å². The highest BCUT2D eigenvalue weighted by molar-refractivity contribution is 9.10. The molecule has 29 heavy (non-hydrogen) atoms. The topological polar surface area (TPSA) is 37.4 Å². The van der Waals surface area contributed by atoms with E-state index >= 15 is 0 Å². The molecule has 2 atom stereocenters. The van der Waals surface area contributed by atoms with E-state index in [4.69, 9.17) is 0 Å². The lowest BCUT2D eigenvalue weighted by atomic mass is 9.54. The molecule has 3 nitrogen and oxygen atoms in total. The second kappa shape index (κ2) is 5.67. The summed E-state index contributed by atoms with van der Waals surface area (Å²) in [5, 5.41) is 0. The van der Waals surface area contributed by atoms with Crippen LogP contribution in [0.25, 0.3) is 0 Å². The number of hydrogen-bond acceptors (Lipinski definition) is 2. The van der Waals surface area contributed by atoms with E-state index in [0.717, 1.165) is 22.3 Å². The highest BCUT2D eigenvalue weighted by Crippen LogP contribution is 2.70. The van der Waals surface area contributed by atoms with E-state index in [0.29, 0.717) is 5.69 Å². The Morgan fingerprint density at radius 1 is 0.586 bits per heavy atom. The second-order valence-electron chi connectivity index (χ2n) is 7.82. The molecule has 3 aromatic carbocycles. The molecule has 2 bridgehead atoms. The molecule has 0 saturated carbocycles. The van der Waals surface area contributed by atoms with Gasteiger partial charge in [-0.1, -0.05) is 98.6 Å². The van der Waals surface area contributed by atoms with Gasteiger partial charge in [-0.15, -0.1) is 0 Å². The number of imide groups is 1. The molecule has 1 heterocycles. The number of anilines is 1. The first kappa shape index (κ1) is 17.6. The molecule has 0 aromatic heterocycles. The number of para-hydroxylation sites is 1. The Hall–Kier alpha value is -2.24. The first-order chi connectivity index (χ1) is 14.0. The maximum atomic E-state index is 13.8. The van der Waals surface area contributed by atoms with Gasteiger partial charge in [0, 0.05) is 0 Å². The molecule has 5 heteroatoms. The minimum atomic E-state index is -0.739. The van der Waals surface area contributed by atoms with Crippen molar-refractivity contribution in [2.24, 2.45) is 11.8 Å². The molecule has 0 N–H and O–H groups in total. The molecule has 0 unspecified atom stereocenters. The molecule has 1 fully saturated rings. The largest absolute Gasteiger partial charge is 0.274 e. The fourth-order valence-corrected chi connectivity index (χ4v) is 7.80. The SMILES string of the molecule is O=C1[C@@H]2[C@H](C(=O)N1c1ccccc1)C1(Br)c3ccccc3C2(Br)c2ccccc21. The Labute approximate surface area is 185 Å². The van der Waals surface area contributed by atoms with Crippen LogP contribution < -0.4 is 4.90 Å². The zero-order valence-electron chi connectivity index (χ0n) is 15.2. The predicted molar refractivity (Wildman–Crippen MR) is 118 cm³/mol. The van der Waals surface area contributed by atoms with Gasteiger partial charge in [0.25, 0.3) is 0 Å². The molecular formula is C24H15Br2NO2. The van der Waals surface area contributed by atoms with Crippen molar-refractivity contribution in [1.29, 1.82) is 0 Å². The molecule has 1 saturated heterocycles.